The van der Waals surface area contributed by atoms with Crippen molar-refractivity contribution >= 4 is 50.3 Å². The van der Waals surface area contributed by atoms with Crippen molar-refractivity contribution < 1.29 is 4.74 Å². The molecule has 0 N–H and O–H groups in total. The Hall–Kier alpha value is -2.39. The number of hydrogen-bond donors (Lipinski definition) is 0. The van der Waals surface area contributed by atoms with Gasteiger partial charge in [0.15, 0.2) is 20.7 Å². The maximum absolute atomic E-state index is 10.0. The standard InChI is InChI=1S/C17H16N6OS2/c1-3-4-7-23-15-13(14(18)19-9-20-15)22-16(23)26-17-21-11-8-10(24-2)5-6-12(11)25-17/h5-6,8-9H,3-4,7H2,1-2H3. The minimum atomic E-state index is -0.0962. The highest BCUT2D eigenvalue weighted by atomic mass is 32.2. The molecule has 0 aliphatic heterocycles. The summed E-state index contributed by atoms with van der Waals surface area (Å²) in [5.74, 6) is 0.691. The van der Waals surface area contributed by atoms with Gasteiger partial charge in [-0.1, -0.05) is 13.3 Å². The molecule has 26 heavy (non-hydrogen) atoms. The molecule has 0 amide bonds. The number of ether oxygens (including phenoxy) is 1. The van der Waals surface area contributed by atoms with Gasteiger partial charge in [-0.05, 0) is 30.3 Å². The number of aryl methyl sites for hydroxylation is 1. The third kappa shape index (κ3) is 3.08. The fourth-order valence-corrected chi connectivity index (χ4v) is 4.70. The number of aromatic nitrogens is 5. The monoisotopic (exact) mass is 384 g/mol. The van der Waals surface area contributed by atoms with Gasteiger partial charge in [0.1, 0.15) is 12.1 Å². The molecule has 7 nitrogen and oxygen atoms in total. The fraction of sp³-hybridized carbons (Fsp3) is 0.294. The number of benzene rings is 1. The largest absolute Gasteiger partial charge is 0.497 e. The number of methoxy groups -OCH3 is 1. The van der Waals surface area contributed by atoms with Crippen molar-refractivity contribution in [1.82, 2.24) is 30.2 Å². The second kappa shape index (κ2) is 7.08. The molecular weight excluding hydrogens is 368 g/mol. The molecule has 9 heteroatoms. The summed E-state index contributed by atoms with van der Waals surface area (Å²) < 4.78 is 9.26. The van der Waals surface area contributed by atoms with Crippen molar-refractivity contribution in [1.29, 1.82) is 0 Å². The summed E-state index contributed by atoms with van der Waals surface area (Å²) in [6, 6.07) is 5.86. The SMILES string of the molecule is CCCCn1c(Sc2nc3cc(OC)ccc3s2)nc2c([N])ncnc21. The molecule has 3 heterocycles. The topological polar surface area (TPSA) is 88.0 Å². The maximum Gasteiger partial charge on any atom is 0.205 e. The number of hydrogen-bond acceptors (Lipinski definition) is 7. The summed E-state index contributed by atoms with van der Waals surface area (Å²) in [5, 5.41) is 0.760. The lowest BCUT2D eigenvalue weighted by Gasteiger charge is -2.05. The molecule has 0 unspecified atom stereocenters. The van der Waals surface area contributed by atoms with Crippen molar-refractivity contribution in [2.24, 2.45) is 0 Å². The summed E-state index contributed by atoms with van der Waals surface area (Å²) in [5.41, 5.74) is 12.0. The molecule has 4 aromatic rings. The van der Waals surface area contributed by atoms with Crippen LogP contribution in [0.2, 0.25) is 0 Å². The number of nitrogens with zero attached hydrogens (tertiary/aromatic N) is 6. The molecule has 0 fully saturated rings. The molecule has 4 rings (SSSR count). The van der Waals surface area contributed by atoms with Gasteiger partial charge in [-0.3, -0.25) is 0 Å². The summed E-state index contributed by atoms with van der Waals surface area (Å²) in [7, 11) is 1.65. The average molecular weight is 384 g/mol. The summed E-state index contributed by atoms with van der Waals surface area (Å²) >= 11 is 3.08. The lowest BCUT2D eigenvalue weighted by Crippen LogP contribution is -2.01. The number of imidazole rings is 1. The normalized spacial score (nSPS) is 11.5. The second-order valence-corrected chi connectivity index (χ2v) is 7.93. The van der Waals surface area contributed by atoms with Crippen molar-refractivity contribution in [3.05, 3.63) is 24.5 Å². The lowest BCUT2D eigenvalue weighted by atomic mass is 10.3. The third-order valence-electron chi connectivity index (χ3n) is 3.97. The van der Waals surface area contributed by atoms with Crippen LogP contribution in [0.4, 0.5) is 5.82 Å². The van der Waals surface area contributed by atoms with Crippen LogP contribution in [0.1, 0.15) is 19.8 Å². The van der Waals surface area contributed by atoms with Crippen LogP contribution in [0.25, 0.3) is 21.4 Å². The summed E-state index contributed by atoms with van der Waals surface area (Å²) in [4.78, 5) is 17.4. The van der Waals surface area contributed by atoms with Gasteiger partial charge in [0.25, 0.3) is 0 Å². The van der Waals surface area contributed by atoms with Crippen molar-refractivity contribution in [3.8, 4) is 5.75 Å². The van der Waals surface area contributed by atoms with Gasteiger partial charge in [0.2, 0.25) is 5.82 Å². The second-order valence-electron chi connectivity index (χ2n) is 5.68. The Morgan fingerprint density at radius 2 is 2.15 bits per heavy atom. The van der Waals surface area contributed by atoms with E-state index in [1.54, 1.807) is 18.4 Å². The molecular formula is C17H16N6OS2. The predicted octanol–water partition coefficient (Wildman–Crippen LogP) is 4.10. The highest BCUT2D eigenvalue weighted by Crippen LogP contribution is 2.36. The molecule has 1 aromatic carbocycles. The molecule has 132 valence electrons. The van der Waals surface area contributed by atoms with E-state index in [4.69, 9.17) is 4.74 Å². The minimum Gasteiger partial charge on any atom is -0.497 e. The number of thiazole rings is 1. The van der Waals surface area contributed by atoms with Crippen LogP contribution in [-0.2, 0) is 6.54 Å². The van der Waals surface area contributed by atoms with E-state index in [9.17, 15) is 5.73 Å². The number of fused-ring (bicyclic) bond motifs is 2. The van der Waals surface area contributed by atoms with Crippen molar-refractivity contribution in [2.45, 2.75) is 35.8 Å². The van der Waals surface area contributed by atoms with E-state index < -0.39 is 0 Å². The van der Waals surface area contributed by atoms with Crippen molar-refractivity contribution in [3.63, 3.8) is 0 Å². The van der Waals surface area contributed by atoms with Crippen LogP contribution >= 0.6 is 23.1 Å². The zero-order valence-electron chi connectivity index (χ0n) is 14.3. The Kier molecular flexibility index (Phi) is 4.64. The van der Waals surface area contributed by atoms with E-state index in [1.807, 2.05) is 22.8 Å². The number of rotatable bonds is 6. The fourth-order valence-electron chi connectivity index (χ4n) is 2.64. The molecule has 0 saturated heterocycles. The Balaban J connectivity index is 1.75. The van der Waals surface area contributed by atoms with E-state index in [0.717, 1.165) is 44.8 Å². The molecule has 0 spiro atoms. The van der Waals surface area contributed by atoms with Crippen LogP contribution in [0.5, 0.6) is 5.75 Å². The maximum atomic E-state index is 10.0. The Morgan fingerprint density at radius 3 is 2.96 bits per heavy atom. The van der Waals surface area contributed by atoms with Gasteiger partial charge in [0.05, 0.1) is 17.3 Å². The zero-order chi connectivity index (χ0) is 18.1. The Morgan fingerprint density at radius 1 is 1.27 bits per heavy atom. The van der Waals surface area contributed by atoms with Crippen molar-refractivity contribution in [2.75, 3.05) is 7.11 Å². The van der Waals surface area contributed by atoms with E-state index in [1.165, 1.54) is 18.1 Å². The molecule has 3 aromatic heterocycles. The van der Waals surface area contributed by atoms with Gasteiger partial charge in [-0.2, -0.15) is 0 Å². The van der Waals surface area contributed by atoms with Gasteiger partial charge in [-0.25, -0.2) is 19.9 Å². The van der Waals surface area contributed by atoms with Crippen LogP contribution in [0.15, 0.2) is 34.0 Å². The minimum absolute atomic E-state index is 0.0962. The van der Waals surface area contributed by atoms with Gasteiger partial charge in [0, 0.05) is 12.6 Å². The van der Waals surface area contributed by atoms with Gasteiger partial charge in [-0.15, -0.1) is 17.1 Å². The van der Waals surface area contributed by atoms with E-state index in [0.29, 0.717) is 11.2 Å². The molecule has 2 radical (unpaired) electrons. The van der Waals surface area contributed by atoms with Crippen LogP contribution in [-0.4, -0.2) is 31.6 Å². The van der Waals surface area contributed by atoms with Gasteiger partial charge >= 0.3 is 0 Å². The zero-order valence-corrected chi connectivity index (χ0v) is 16.0. The smallest absolute Gasteiger partial charge is 0.205 e. The highest BCUT2D eigenvalue weighted by molar-refractivity contribution is 8.01. The molecule has 0 aliphatic carbocycles. The predicted molar refractivity (Wildman–Crippen MR) is 102 cm³/mol. The van der Waals surface area contributed by atoms with Crippen LogP contribution in [0.3, 0.4) is 0 Å². The third-order valence-corrected chi connectivity index (χ3v) is 6.06. The first-order valence-corrected chi connectivity index (χ1v) is 9.85. The first-order chi connectivity index (χ1) is 12.7. The molecule has 0 atom stereocenters. The quantitative estimate of drug-likeness (QED) is 0.497. The van der Waals surface area contributed by atoms with E-state index >= 15 is 0 Å². The first kappa shape index (κ1) is 17.0. The van der Waals surface area contributed by atoms with Crippen LogP contribution in [0, 0.1) is 0 Å². The lowest BCUT2D eigenvalue weighted by molar-refractivity contribution is 0.415. The average Bonchev–Trinajstić information content (AvgIpc) is 3.21. The highest BCUT2D eigenvalue weighted by Gasteiger charge is 2.18. The first-order valence-electron chi connectivity index (χ1n) is 8.22. The molecule has 0 bridgehead atoms. The van der Waals surface area contributed by atoms with Gasteiger partial charge < -0.3 is 9.30 Å². The summed E-state index contributed by atoms with van der Waals surface area (Å²) in [6.07, 6.45) is 3.42. The number of unbranched alkanes of at least 4 members (excludes halogenated alkanes) is 1. The summed E-state index contributed by atoms with van der Waals surface area (Å²) in [6.45, 7) is 2.92. The van der Waals surface area contributed by atoms with Crippen LogP contribution < -0.4 is 10.5 Å². The van der Waals surface area contributed by atoms with E-state index in [2.05, 4.69) is 26.9 Å². The Bertz CT molecular complexity index is 1070. The van der Waals surface area contributed by atoms with E-state index in [-0.39, 0.29) is 5.82 Å². The molecule has 0 aliphatic rings. The Labute approximate surface area is 158 Å². The molecule has 0 saturated carbocycles.